The van der Waals surface area contributed by atoms with Gasteiger partial charge in [-0.1, -0.05) is 6.07 Å². The number of nitrogens with zero attached hydrogens (tertiary/aromatic N) is 1. The van der Waals surface area contributed by atoms with E-state index < -0.39 is 0 Å². The van der Waals surface area contributed by atoms with Gasteiger partial charge in [0.05, 0.1) is 0 Å². The number of ether oxygens (including phenoxy) is 2. The van der Waals surface area contributed by atoms with E-state index in [0.717, 1.165) is 17.9 Å². The third-order valence-corrected chi connectivity index (χ3v) is 3.75. The van der Waals surface area contributed by atoms with Crippen molar-refractivity contribution in [2.45, 2.75) is 25.7 Å². The van der Waals surface area contributed by atoms with Gasteiger partial charge in [0.1, 0.15) is 13.2 Å². The monoisotopic (exact) mass is 299 g/mol. The lowest BCUT2D eigenvalue weighted by Gasteiger charge is -2.19. The first-order valence-corrected chi connectivity index (χ1v) is 7.69. The smallest absolute Gasteiger partial charge is 0.161 e. The number of benzene rings is 1. The van der Waals surface area contributed by atoms with Gasteiger partial charge >= 0.3 is 0 Å². The molecule has 0 spiro atoms. The standard InChI is InChI=1S/C15H21NO2.2C2H2/c1-2-8-16(7-1)9-3-4-13-5-6-14-15(12-13)18-11-10-17-14;2*1-2/h5-6,12H,1-4,7-11H2;2*1-2H. The molecule has 0 bridgehead atoms. The molecule has 0 amide bonds. The van der Waals surface area contributed by atoms with Crippen LogP contribution in [0, 0.1) is 25.7 Å². The van der Waals surface area contributed by atoms with E-state index in [9.17, 15) is 0 Å². The maximum atomic E-state index is 5.61. The predicted octanol–water partition coefficient (Wildman–Crippen LogP) is 2.99. The number of aryl methyl sites for hydroxylation is 1. The van der Waals surface area contributed by atoms with Gasteiger partial charge < -0.3 is 14.4 Å². The Morgan fingerprint density at radius 2 is 1.55 bits per heavy atom. The third kappa shape index (κ3) is 5.35. The van der Waals surface area contributed by atoms with Gasteiger partial charge in [0.25, 0.3) is 0 Å². The molecule has 118 valence electrons. The fourth-order valence-electron chi connectivity index (χ4n) is 2.76. The Bertz CT molecular complexity index is 467. The fraction of sp³-hybridized carbons (Fsp3) is 0.474. The normalized spacial score (nSPS) is 15.8. The fourth-order valence-corrected chi connectivity index (χ4v) is 2.76. The van der Waals surface area contributed by atoms with Crippen LogP contribution in [0.2, 0.25) is 0 Å². The first-order valence-electron chi connectivity index (χ1n) is 7.69. The molecule has 1 aromatic rings. The first-order chi connectivity index (χ1) is 10.9. The Labute approximate surface area is 134 Å². The Kier molecular flexibility index (Phi) is 8.65. The highest BCUT2D eigenvalue weighted by Gasteiger charge is 2.13. The van der Waals surface area contributed by atoms with Crippen LogP contribution in [0.3, 0.4) is 0 Å². The molecular weight excluding hydrogens is 274 g/mol. The zero-order valence-corrected chi connectivity index (χ0v) is 13.2. The average molecular weight is 299 g/mol. The number of hydrogen-bond acceptors (Lipinski definition) is 3. The van der Waals surface area contributed by atoms with Gasteiger partial charge in [-0.2, -0.15) is 0 Å². The maximum absolute atomic E-state index is 5.61. The molecule has 0 saturated carbocycles. The van der Waals surface area contributed by atoms with Crippen LogP contribution >= 0.6 is 0 Å². The van der Waals surface area contributed by atoms with Gasteiger partial charge in [-0.05, 0) is 63.0 Å². The zero-order chi connectivity index (χ0) is 16.2. The lowest BCUT2D eigenvalue weighted by atomic mass is 10.1. The highest BCUT2D eigenvalue weighted by atomic mass is 16.6. The Balaban J connectivity index is 0.000000561. The summed E-state index contributed by atoms with van der Waals surface area (Å²) in [7, 11) is 0. The summed E-state index contributed by atoms with van der Waals surface area (Å²) in [5, 5.41) is 0. The molecule has 3 nitrogen and oxygen atoms in total. The van der Waals surface area contributed by atoms with Crippen molar-refractivity contribution in [3.05, 3.63) is 23.8 Å². The van der Waals surface area contributed by atoms with Gasteiger partial charge in [0, 0.05) is 0 Å². The van der Waals surface area contributed by atoms with Gasteiger partial charge in [-0.3, -0.25) is 0 Å². The molecule has 0 radical (unpaired) electrons. The van der Waals surface area contributed by atoms with Crippen molar-refractivity contribution in [2.75, 3.05) is 32.8 Å². The summed E-state index contributed by atoms with van der Waals surface area (Å²) in [6.07, 6.45) is 21.1. The molecule has 0 aromatic heterocycles. The lowest BCUT2D eigenvalue weighted by molar-refractivity contribution is 0.171. The van der Waals surface area contributed by atoms with Crippen LogP contribution in [0.1, 0.15) is 24.8 Å². The molecule has 3 heteroatoms. The van der Waals surface area contributed by atoms with E-state index >= 15 is 0 Å². The number of hydrogen-bond donors (Lipinski definition) is 0. The molecule has 0 unspecified atom stereocenters. The highest BCUT2D eigenvalue weighted by Crippen LogP contribution is 2.31. The third-order valence-electron chi connectivity index (χ3n) is 3.75. The summed E-state index contributed by atoms with van der Waals surface area (Å²) in [5.41, 5.74) is 1.36. The van der Waals surface area contributed by atoms with Crippen LogP contribution in [0.4, 0.5) is 0 Å². The van der Waals surface area contributed by atoms with Crippen molar-refractivity contribution >= 4 is 0 Å². The summed E-state index contributed by atoms with van der Waals surface area (Å²) in [4.78, 5) is 2.57. The molecular formula is C19H25NO2. The van der Waals surface area contributed by atoms with Gasteiger partial charge in [0.2, 0.25) is 0 Å². The van der Waals surface area contributed by atoms with Gasteiger partial charge in [-0.25, -0.2) is 0 Å². The molecule has 1 aromatic carbocycles. The summed E-state index contributed by atoms with van der Waals surface area (Å²) in [5.74, 6) is 1.81. The summed E-state index contributed by atoms with van der Waals surface area (Å²) in [6, 6.07) is 6.34. The number of rotatable bonds is 4. The topological polar surface area (TPSA) is 21.7 Å². The van der Waals surface area contributed by atoms with Crippen molar-refractivity contribution in [2.24, 2.45) is 0 Å². The minimum Gasteiger partial charge on any atom is -0.486 e. The summed E-state index contributed by atoms with van der Waals surface area (Å²) < 4.78 is 11.1. The molecule has 3 rings (SSSR count). The molecule has 0 atom stereocenters. The maximum Gasteiger partial charge on any atom is 0.161 e. The number of likely N-dealkylation sites (tertiary alicyclic amines) is 1. The van der Waals surface area contributed by atoms with E-state index in [2.05, 4.69) is 42.7 Å². The van der Waals surface area contributed by atoms with Crippen LogP contribution in [-0.2, 0) is 6.42 Å². The SMILES string of the molecule is C#C.C#C.c1cc2c(cc1CCCN1CCCC1)OCCO2. The molecule has 1 saturated heterocycles. The second kappa shape index (κ2) is 10.6. The van der Waals surface area contributed by atoms with E-state index in [1.807, 2.05) is 6.07 Å². The van der Waals surface area contributed by atoms with Crippen molar-refractivity contribution in [3.63, 3.8) is 0 Å². The molecule has 2 aliphatic rings. The quantitative estimate of drug-likeness (QED) is 0.798. The second-order valence-corrected chi connectivity index (χ2v) is 5.13. The molecule has 0 N–H and O–H groups in total. The lowest BCUT2D eigenvalue weighted by Crippen LogP contribution is -2.20. The number of terminal acetylenes is 2. The molecule has 0 aliphatic carbocycles. The Morgan fingerprint density at radius 3 is 2.23 bits per heavy atom. The van der Waals surface area contributed by atoms with Crippen LogP contribution in [0.25, 0.3) is 0 Å². The summed E-state index contributed by atoms with van der Waals surface area (Å²) in [6.45, 7) is 5.16. The van der Waals surface area contributed by atoms with Crippen LogP contribution in [0.5, 0.6) is 11.5 Å². The van der Waals surface area contributed by atoms with Crippen LogP contribution in [-0.4, -0.2) is 37.7 Å². The minimum atomic E-state index is 0.668. The van der Waals surface area contributed by atoms with Gasteiger partial charge in [0.15, 0.2) is 11.5 Å². The molecule has 2 heterocycles. The zero-order valence-electron chi connectivity index (χ0n) is 13.2. The van der Waals surface area contributed by atoms with E-state index in [1.165, 1.54) is 44.5 Å². The van der Waals surface area contributed by atoms with Crippen LogP contribution in [0.15, 0.2) is 18.2 Å². The van der Waals surface area contributed by atoms with Gasteiger partial charge in [-0.15, -0.1) is 25.7 Å². The van der Waals surface area contributed by atoms with Crippen molar-refractivity contribution in [1.29, 1.82) is 0 Å². The molecule has 1 fully saturated rings. The van der Waals surface area contributed by atoms with E-state index in [0.29, 0.717) is 13.2 Å². The summed E-state index contributed by atoms with van der Waals surface area (Å²) >= 11 is 0. The second-order valence-electron chi connectivity index (χ2n) is 5.13. The molecule has 22 heavy (non-hydrogen) atoms. The van der Waals surface area contributed by atoms with Crippen LogP contribution < -0.4 is 9.47 Å². The van der Waals surface area contributed by atoms with Crippen molar-refractivity contribution in [3.8, 4) is 37.2 Å². The largest absolute Gasteiger partial charge is 0.486 e. The molecule has 2 aliphatic heterocycles. The van der Waals surface area contributed by atoms with E-state index in [4.69, 9.17) is 9.47 Å². The highest BCUT2D eigenvalue weighted by molar-refractivity contribution is 5.43. The Hall–Kier alpha value is -2.10. The van der Waals surface area contributed by atoms with Crippen molar-refractivity contribution in [1.82, 2.24) is 4.90 Å². The Morgan fingerprint density at radius 1 is 0.909 bits per heavy atom. The predicted molar refractivity (Wildman–Crippen MR) is 91.2 cm³/mol. The average Bonchev–Trinajstić information content (AvgIpc) is 3.12. The van der Waals surface area contributed by atoms with E-state index in [1.54, 1.807) is 0 Å². The minimum absolute atomic E-state index is 0.668. The van der Waals surface area contributed by atoms with E-state index in [-0.39, 0.29) is 0 Å². The first kappa shape index (κ1) is 18.0. The number of fused-ring (bicyclic) bond motifs is 1. The van der Waals surface area contributed by atoms with Crippen molar-refractivity contribution < 1.29 is 9.47 Å².